The molecule has 1 atom stereocenters. The lowest BCUT2D eigenvalue weighted by Gasteiger charge is -2.32. The van der Waals surface area contributed by atoms with Crippen LogP contribution in [0.5, 0.6) is 0 Å². The molecule has 1 fully saturated rings. The average molecular weight is 301 g/mol. The number of halogens is 1. The monoisotopic (exact) mass is 300 g/mol. The summed E-state index contributed by atoms with van der Waals surface area (Å²) in [4.78, 5) is 12.4. The largest absolute Gasteiger partial charge is 0.351 e. The first-order chi connectivity index (χ1) is 9.94. The second-order valence-electron chi connectivity index (χ2n) is 5.91. The first-order valence-corrected chi connectivity index (χ1v) is 7.37. The maximum atomic E-state index is 12.4. The van der Waals surface area contributed by atoms with Crippen LogP contribution in [0.15, 0.2) is 54.6 Å². The molecule has 21 heavy (non-hydrogen) atoms. The normalized spacial score (nSPS) is 24.2. The van der Waals surface area contributed by atoms with Gasteiger partial charge in [-0.3, -0.25) is 4.79 Å². The van der Waals surface area contributed by atoms with Crippen molar-refractivity contribution < 1.29 is 9.53 Å². The third-order valence-electron chi connectivity index (χ3n) is 4.06. The van der Waals surface area contributed by atoms with E-state index in [4.69, 9.17) is 16.3 Å². The van der Waals surface area contributed by atoms with Crippen LogP contribution < -0.4 is 0 Å². The van der Waals surface area contributed by atoms with Gasteiger partial charge in [0.15, 0.2) is 5.78 Å². The Labute approximate surface area is 129 Å². The highest BCUT2D eigenvalue weighted by molar-refractivity contribution is 6.30. The van der Waals surface area contributed by atoms with E-state index in [2.05, 4.69) is 0 Å². The van der Waals surface area contributed by atoms with Crippen LogP contribution in [0.4, 0.5) is 0 Å². The number of ketones is 1. The van der Waals surface area contributed by atoms with Crippen molar-refractivity contribution in [3.05, 3.63) is 70.7 Å². The van der Waals surface area contributed by atoms with Gasteiger partial charge in [-0.15, -0.1) is 0 Å². The summed E-state index contributed by atoms with van der Waals surface area (Å²) in [6.07, 6.45) is 0.339. The molecule has 0 unspecified atom stereocenters. The lowest BCUT2D eigenvalue weighted by atomic mass is 9.83. The van der Waals surface area contributed by atoms with E-state index in [0.29, 0.717) is 11.4 Å². The van der Waals surface area contributed by atoms with Gasteiger partial charge in [0.25, 0.3) is 0 Å². The average Bonchev–Trinajstić information content (AvgIpc) is 2.72. The van der Waals surface area contributed by atoms with Gasteiger partial charge in [0.2, 0.25) is 0 Å². The van der Waals surface area contributed by atoms with Gasteiger partial charge in [-0.05, 0) is 37.1 Å². The summed E-state index contributed by atoms with van der Waals surface area (Å²) in [6.45, 7) is 3.66. The van der Waals surface area contributed by atoms with E-state index in [1.165, 1.54) is 0 Å². The second kappa shape index (κ2) is 4.97. The van der Waals surface area contributed by atoms with Crippen molar-refractivity contribution in [3.63, 3.8) is 0 Å². The Balaban J connectivity index is 2.17. The highest BCUT2D eigenvalue weighted by Crippen LogP contribution is 2.47. The zero-order valence-electron chi connectivity index (χ0n) is 12.1. The highest BCUT2D eigenvalue weighted by Gasteiger charge is 2.52. The van der Waals surface area contributed by atoms with Crippen LogP contribution in [-0.4, -0.2) is 11.4 Å². The van der Waals surface area contributed by atoms with Crippen molar-refractivity contribution in [1.82, 2.24) is 0 Å². The predicted molar refractivity (Wildman–Crippen MR) is 83.5 cm³/mol. The van der Waals surface area contributed by atoms with Crippen molar-refractivity contribution in [2.75, 3.05) is 0 Å². The van der Waals surface area contributed by atoms with Crippen LogP contribution in [0.2, 0.25) is 5.02 Å². The highest BCUT2D eigenvalue weighted by atomic mass is 35.5. The Bertz CT molecular complexity index is 661. The molecule has 1 aliphatic rings. The second-order valence-corrected chi connectivity index (χ2v) is 6.35. The van der Waals surface area contributed by atoms with Crippen molar-refractivity contribution in [2.45, 2.75) is 31.5 Å². The number of benzene rings is 2. The molecule has 0 amide bonds. The van der Waals surface area contributed by atoms with Gasteiger partial charge in [0.05, 0.1) is 0 Å². The van der Waals surface area contributed by atoms with Gasteiger partial charge in [-0.25, -0.2) is 0 Å². The molecule has 0 spiro atoms. The maximum absolute atomic E-state index is 12.4. The Morgan fingerprint density at radius 1 is 0.952 bits per heavy atom. The number of Topliss-reactive ketones (excluding diaryl/α,β-unsaturated/α-hetero) is 1. The molecule has 0 saturated carbocycles. The standard InChI is InChI=1S/C18H17ClO2/c1-17(2)16(20)12-18(21-17,13-6-4-3-5-7-13)14-8-10-15(19)11-9-14/h3-11H,12H2,1-2H3/t18-/m0/s1. The lowest BCUT2D eigenvalue weighted by Crippen LogP contribution is -2.32. The Morgan fingerprint density at radius 2 is 1.52 bits per heavy atom. The van der Waals surface area contributed by atoms with E-state index in [-0.39, 0.29) is 5.78 Å². The van der Waals surface area contributed by atoms with Gasteiger partial charge in [0.1, 0.15) is 11.2 Å². The van der Waals surface area contributed by atoms with E-state index >= 15 is 0 Å². The Hall–Kier alpha value is -1.64. The molecule has 1 aliphatic heterocycles. The summed E-state index contributed by atoms with van der Waals surface area (Å²) in [7, 11) is 0. The molecule has 2 aromatic rings. The van der Waals surface area contributed by atoms with Gasteiger partial charge in [-0.1, -0.05) is 54.1 Å². The third kappa shape index (κ3) is 2.39. The van der Waals surface area contributed by atoms with Gasteiger partial charge in [-0.2, -0.15) is 0 Å². The maximum Gasteiger partial charge on any atom is 0.167 e. The minimum Gasteiger partial charge on any atom is -0.351 e. The summed E-state index contributed by atoms with van der Waals surface area (Å²) in [5.74, 6) is 0.112. The van der Waals surface area contributed by atoms with Crippen molar-refractivity contribution in [1.29, 1.82) is 0 Å². The smallest absolute Gasteiger partial charge is 0.167 e. The molecule has 0 bridgehead atoms. The summed E-state index contributed by atoms with van der Waals surface area (Å²) < 4.78 is 6.27. The summed E-state index contributed by atoms with van der Waals surface area (Å²) in [6, 6.07) is 17.4. The van der Waals surface area contributed by atoms with Crippen LogP contribution in [0.1, 0.15) is 31.4 Å². The van der Waals surface area contributed by atoms with Crippen LogP contribution in [0, 0.1) is 0 Å². The number of ether oxygens (including phenoxy) is 1. The number of hydrogen-bond acceptors (Lipinski definition) is 2. The summed E-state index contributed by atoms with van der Waals surface area (Å²) in [5.41, 5.74) is 0.435. The van der Waals surface area contributed by atoms with Crippen LogP contribution >= 0.6 is 11.6 Å². The van der Waals surface area contributed by atoms with E-state index in [1.54, 1.807) is 0 Å². The first kappa shape index (κ1) is 14.3. The zero-order chi connectivity index (χ0) is 15.1. The molecule has 1 heterocycles. The number of rotatable bonds is 2. The van der Waals surface area contributed by atoms with Crippen LogP contribution in [0.3, 0.4) is 0 Å². The molecule has 1 saturated heterocycles. The molecule has 0 aliphatic carbocycles. The third-order valence-corrected chi connectivity index (χ3v) is 4.31. The molecule has 108 valence electrons. The van der Waals surface area contributed by atoms with Crippen molar-refractivity contribution in [2.24, 2.45) is 0 Å². The topological polar surface area (TPSA) is 26.3 Å². The van der Waals surface area contributed by atoms with Gasteiger partial charge >= 0.3 is 0 Å². The molecule has 0 aromatic heterocycles. The SMILES string of the molecule is CC1(C)O[C@@](c2ccccc2)(c2ccc(Cl)cc2)CC1=O. The summed E-state index contributed by atoms with van der Waals surface area (Å²) >= 11 is 5.99. The Morgan fingerprint density at radius 3 is 2.05 bits per heavy atom. The molecule has 2 aromatic carbocycles. The molecule has 3 heteroatoms. The van der Waals surface area contributed by atoms with E-state index in [9.17, 15) is 4.79 Å². The molecule has 0 N–H and O–H groups in total. The predicted octanol–water partition coefficient (Wildman–Crippen LogP) is 4.35. The number of carbonyl (C=O) groups excluding carboxylic acids is 1. The van der Waals surface area contributed by atoms with Gasteiger partial charge < -0.3 is 4.74 Å². The van der Waals surface area contributed by atoms with E-state index < -0.39 is 11.2 Å². The molecule has 3 rings (SSSR count). The molecular weight excluding hydrogens is 284 g/mol. The molecular formula is C18H17ClO2. The van der Waals surface area contributed by atoms with Crippen molar-refractivity contribution in [3.8, 4) is 0 Å². The fourth-order valence-corrected chi connectivity index (χ4v) is 3.01. The Kier molecular flexibility index (Phi) is 3.39. The molecule has 2 nitrogen and oxygen atoms in total. The lowest BCUT2D eigenvalue weighted by molar-refractivity contribution is -0.132. The summed E-state index contributed by atoms with van der Waals surface area (Å²) in [5, 5.41) is 0.672. The minimum atomic E-state index is -0.782. The fraction of sp³-hybridized carbons (Fsp3) is 0.278. The van der Waals surface area contributed by atoms with E-state index in [1.807, 2.05) is 68.4 Å². The molecule has 0 radical (unpaired) electrons. The van der Waals surface area contributed by atoms with E-state index in [0.717, 1.165) is 11.1 Å². The number of hydrogen-bond donors (Lipinski definition) is 0. The van der Waals surface area contributed by atoms with Crippen LogP contribution in [-0.2, 0) is 15.1 Å². The minimum absolute atomic E-state index is 0.112. The quantitative estimate of drug-likeness (QED) is 0.824. The number of carbonyl (C=O) groups is 1. The van der Waals surface area contributed by atoms with Gasteiger partial charge in [0, 0.05) is 11.4 Å². The zero-order valence-corrected chi connectivity index (χ0v) is 12.9. The van der Waals surface area contributed by atoms with Crippen molar-refractivity contribution >= 4 is 17.4 Å². The first-order valence-electron chi connectivity index (χ1n) is 6.99. The van der Waals surface area contributed by atoms with Crippen LogP contribution in [0.25, 0.3) is 0 Å². The fourth-order valence-electron chi connectivity index (χ4n) is 2.88.